The van der Waals surface area contributed by atoms with Gasteiger partial charge in [0.05, 0.1) is 15.6 Å². The SMILES string of the molecule is O=C(O)C(Nc1ccc([N+](=O)[O-])cc1Cl)c1ccccc1. The van der Waals surface area contributed by atoms with Crippen LogP contribution in [0.2, 0.25) is 5.02 Å². The Labute approximate surface area is 125 Å². The zero-order valence-corrected chi connectivity index (χ0v) is 11.4. The normalized spacial score (nSPS) is 11.7. The second-order valence-corrected chi connectivity index (χ2v) is 4.65. The van der Waals surface area contributed by atoms with Crippen LogP contribution in [0.3, 0.4) is 0 Å². The minimum absolute atomic E-state index is 0.0892. The molecule has 7 heteroatoms. The highest BCUT2D eigenvalue weighted by Gasteiger charge is 2.21. The van der Waals surface area contributed by atoms with Crippen LogP contribution in [-0.2, 0) is 4.79 Å². The minimum atomic E-state index is -1.07. The van der Waals surface area contributed by atoms with E-state index in [2.05, 4.69) is 5.32 Å². The number of non-ortho nitro benzene ring substituents is 1. The number of nitro benzene ring substituents is 1. The lowest BCUT2D eigenvalue weighted by Crippen LogP contribution is -2.20. The first-order chi connectivity index (χ1) is 9.99. The maximum absolute atomic E-state index is 11.4. The van der Waals surface area contributed by atoms with Crippen molar-refractivity contribution < 1.29 is 14.8 Å². The Hall–Kier alpha value is -2.60. The van der Waals surface area contributed by atoms with Crippen molar-refractivity contribution in [3.05, 3.63) is 69.2 Å². The van der Waals surface area contributed by atoms with Gasteiger partial charge in [0.1, 0.15) is 0 Å². The number of nitro groups is 1. The predicted octanol–water partition coefficient (Wildman–Crippen LogP) is 3.49. The Bertz CT molecular complexity index is 676. The predicted molar refractivity (Wildman–Crippen MR) is 78.5 cm³/mol. The number of halogens is 1. The zero-order chi connectivity index (χ0) is 15.4. The van der Waals surface area contributed by atoms with Crippen LogP contribution in [0.25, 0.3) is 0 Å². The fourth-order valence-electron chi connectivity index (χ4n) is 1.82. The van der Waals surface area contributed by atoms with Crippen LogP contribution in [0.5, 0.6) is 0 Å². The van der Waals surface area contributed by atoms with Gasteiger partial charge < -0.3 is 10.4 Å². The molecular formula is C14H11ClN2O4. The van der Waals surface area contributed by atoms with Crippen molar-refractivity contribution in [1.82, 2.24) is 0 Å². The third kappa shape index (κ3) is 3.49. The second-order valence-electron chi connectivity index (χ2n) is 4.25. The maximum Gasteiger partial charge on any atom is 0.330 e. The van der Waals surface area contributed by atoms with E-state index in [1.807, 2.05) is 0 Å². The number of rotatable bonds is 5. The quantitative estimate of drug-likeness (QED) is 0.651. The van der Waals surface area contributed by atoms with Gasteiger partial charge in [0, 0.05) is 12.1 Å². The first-order valence-electron chi connectivity index (χ1n) is 5.97. The highest BCUT2D eigenvalue weighted by molar-refractivity contribution is 6.33. The van der Waals surface area contributed by atoms with Crippen molar-refractivity contribution in [2.45, 2.75) is 6.04 Å². The summed E-state index contributed by atoms with van der Waals surface area (Å²) < 4.78 is 0. The highest BCUT2D eigenvalue weighted by Crippen LogP contribution is 2.29. The van der Waals surface area contributed by atoms with E-state index in [1.54, 1.807) is 30.3 Å². The summed E-state index contributed by atoms with van der Waals surface area (Å²) in [5.41, 5.74) is 0.718. The summed E-state index contributed by atoms with van der Waals surface area (Å²) in [6.07, 6.45) is 0. The standard InChI is InChI=1S/C14H11ClN2O4/c15-11-8-10(17(20)21)6-7-12(11)16-13(14(18)19)9-4-2-1-3-5-9/h1-8,13,16H,(H,18,19). The van der Waals surface area contributed by atoms with Crippen LogP contribution >= 0.6 is 11.6 Å². The van der Waals surface area contributed by atoms with E-state index in [0.29, 0.717) is 11.3 Å². The molecule has 21 heavy (non-hydrogen) atoms. The molecule has 2 aromatic rings. The third-order valence-electron chi connectivity index (χ3n) is 2.84. The number of carbonyl (C=O) groups is 1. The Morgan fingerprint density at radius 2 is 1.90 bits per heavy atom. The smallest absolute Gasteiger partial charge is 0.330 e. The van der Waals surface area contributed by atoms with Gasteiger partial charge in [-0.2, -0.15) is 0 Å². The van der Waals surface area contributed by atoms with Crippen LogP contribution in [0, 0.1) is 10.1 Å². The van der Waals surface area contributed by atoms with E-state index in [4.69, 9.17) is 11.6 Å². The van der Waals surface area contributed by atoms with Gasteiger partial charge in [-0.3, -0.25) is 10.1 Å². The number of hydrogen-bond donors (Lipinski definition) is 2. The third-order valence-corrected chi connectivity index (χ3v) is 3.16. The van der Waals surface area contributed by atoms with Crippen molar-refractivity contribution >= 4 is 28.9 Å². The van der Waals surface area contributed by atoms with Crippen LogP contribution in [0.15, 0.2) is 48.5 Å². The molecule has 0 aliphatic rings. The van der Waals surface area contributed by atoms with Crippen molar-refractivity contribution in [2.75, 3.05) is 5.32 Å². The summed E-state index contributed by atoms with van der Waals surface area (Å²) >= 11 is 5.95. The molecule has 0 aliphatic heterocycles. The number of carboxylic acid groups (broad SMARTS) is 1. The largest absolute Gasteiger partial charge is 0.479 e. The molecule has 0 spiro atoms. The molecule has 0 bridgehead atoms. The van der Waals surface area contributed by atoms with Crippen LogP contribution in [0.4, 0.5) is 11.4 Å². The van der Waals surface area contributed by atoms with E-state index in [1.165, 1.54) is 18.2 Å². The molecule has 6 nitrogen and oxygen atoms in total. The zero-order valence-electron chi connectivity index (χ0n) is 10.7. The Morgan fingerprint density at radius 3 is 2.43 bits per heavy atom. The van der Waals surface area contributed by atoms with Crippen molar-refractivity contribution in [3.8, 4) is 0 Å². The van der Waals surface area contributed by atoms with Gasteiger partial charge in [-0.05, 0) is 11.6 Å². The molecule has 2 rings (SSSR count). The molecule has 0 amide bonds. The van der Waals surface area contributed by atoms with Crippen LogP contribution in [-0.4, -0.2) is 16.0 Å². The molecule has 1 unspecified atom stereocenters. The number of nitrogens with zero attached hydrogens (tertiary/aromatic N) is 1. The number of nitrogens with one attached hydrogen (secondary N) is 1. The number of aliphatic carboxylic acids is 1. The van der Waals surface area contributed by atoms with Gasteiger partial charge in [-0.1, -0.05) is 41.9 Å². The highest BCUT2D eigenvalue weighted by atomic mass is 35.5. The molecule has 0 radical (unpaired) electrons. The van der Waals surface area contributed by atoms with Gasteiger partial charge in [0.25, 0.3) is 5.69 Å². The van der Waals surface area contributed by atoms with Crippen molar-refractivity contribution in [1.29, 1.82) is 0 Å². The van der Waals surface area contributed by atoms with Crippen LogP contribution < -0.4 is 5.32 Å². The average Bonchev–Trinajstić information content (AvgIpc) is 2.46. The lowest BCUT2D eigenvalue weighted by atomic mass is 10.1. The average molecular weight is 307 g/mol. The van der Waals surface area contributed by atoms with Gasteiger partial charge in [0.2, 0.25) is 0 Å². The number of hydrogen-bond acceptors (Lipinski definition) is 4. The molecule has 0 fully saturated rings. The maximum atomic E-state index is 11.4. The van der Waals surface area contributed by atoms with Gasteiger partial charge in [-0.15, -0.1) is 0 Å². The molecule has 0 heterocycles. The number of anilines is 1. The first-order valence-corrected chi connectivity index (χ1v) is 6.35. The Morgan fingerprint density at radius 1 is 1.24 bits per heavy atom. The summed E-state index contributed by atoms with van der Waals surface area (Å²) in [6.45, 7) is 0. The lowest BCUT2D eigenvalue weighted by Gasteiger charge is -2.17. The van der Waals surface area contributed by atoms with Gasteiger partial charge in [0.15, 0.2) is 6.04 Å². The number of benzene rings is 2. The summed E-state index contributed by atoms with van der Waals surface area (Å²) in [6, 6.07) is 11.4. The summed E-state index contributed by atoms with van der Waals surface area (Å²) in [5.74, 6) is -1.07. The van der Waals surface area contributed by atoms with Gasteiger partial charge in [-0.25, -0.2) is 4.79 Å². The molecule has 2 aromatic carbocycles. The van der Waals surface area contributed by atoms with E-state index >= 15 is 0 Å². The van der Waals surface area contributed by atoms with Gasteiger partial charge >= 0.3 is 5.97 Å². The Kier molecular flexibility index (Phi) is 4.39. The van der Waals surface area contributed by atoms with E-state index in [-0.39, 0.29) is 10.7 Å². The second kappa shape index (κ2) is 6.23. The number of carboxylic acids is 1. The molecule has 0 saturated heterocycles. The lowest BCUT2D eigenvalue weighted by molar-refractivity contribution is -0.384. The molecule has 0 saturated carbocycles. The molecule has 1 atom stereocenters. The first kappa shape index (κ1) is 14.8. The Balaban J connectivity index is 2.30. The minimum Gasteiger partial charge on any atom is -0.479 e. The molecular weight excluding hydrogens is 296 g/mol. The monoisotopic (exact) mass is 306 g/mol. The molecule has 2 N–H and O–H groups in total. The van der Waals surface area contributed by atoms with Crippen molar-refractivity contribution in [3.63, 3.8) is 0 Å². The van der Waals surface area contributed by atoms with E-state index in [0.717, 1.165) is 0 Å². The van der Waals surface area contributed by atoms with E-state index < -0.39 is 16.9 Å². The molecule has 108 valence electrons. The van der Waals surface area contributed by atoms with Crippen molar-refractivity contribution in [2.24, 2.45) is 0 Å². The summed E-state index contributed by atoms with van der Waals surface area (Å²) in [4.78, 5) is 21.5. The fraction of sp³-hybridized carbons (Fsp3) is 0.0714. The summed E-state index contributed by atoms with van der Waals surface area (Å²) in [5, 5.41) is 22.8. The topological polar surface area (TPSA) is 92.5 Å². The molecule has 0 aromatic heterocycles. The van der Waals surface area contributed by atoms with E-state index in [9.17, 15) is 20.0 Å². The summed E-state index contributed by atoms with van der Waals surface area (Å²) in [7, 11) is 0. The van der Waals surface area contributed by atoms with Crippen LogP contribution in [0.1, 0.15) is 11.6 Å². The fourth-order valence-corrected chi connectivity index (χ4v) is 2.05. The molecule has 0 aliphatic carbocycles.